The summed E-state index contributed by atoms with van der Waals surface area (Å²) in [6.45, 7) is 8.19. The van der Waals surface area contributed by atoms with Gasteiger partial charge in [0, 0.05) is 13.0 Å². The first-order chi connectivity index (χ1) is 12.5. The van der Waals surface area contributed by atoms with Gasteiger partial charge in [-0.2, -0.15) is 0 Å². The summed E-state index contributed by atoms with van der Waals surface area (Å²) < 4.78 is 6.02. The molecule has 0 aliphatic carbocycles. The van der Waals surface area contributed by atoms with Crippen molar-refractivity contribution in [2.75, 3.05) is 29.9 Å². The van der Waals surface area contributed by atoms with Crippen molar-refractivity contribution in [3.63, 3.8) is 0 Å². The molecule has 0 saturated carbocycles. The number of hydrogen-bond donors (Lipinski definition) is 1. The largest absolute Gasteiger partial charge is 0.487 e. The summed E-state index contributed by atoms with van der Waals surface area (Å²) in [5.41, 5.74) is 2.18. The minimum Gasteiger partial charge on any atom is -0.487 e. The standard InChI is InChI=1S/C20H26N4O2/c1-4-21-20-22-10-17(11-23-20)24-12-19(13-24)26-18-7-5-16(6-8-18)14(2)9-15(3)25/h5-8,10-11,14,19H,4,9,12-13H2,1-3H3,(H,21,22,23). The summed E-state index contributed by atoms with van der Waals surface area (Å²) in [4.78, 5) is 22.0. The summed E-state index contributed by atoms with van der Waals surface area (Å²) >= 11 is 0. The fraction of sp³-hybridized carbons (Fsp3) is 0.450. The molecule has 1 aliphatic rings. The van der Waals surface area contributed by atoms with Gasteiger partial charge in [-0.05, 0) is 37.5 Å². The second-order valence-electron chi connectivity index (χ2n) is 6.82. The third kappa shape index (κ3) is 4.50. The molecule has 1 atom stereocenters. The predicted octanol–water partition coefficient (Wildman–Crippen LogP) is 3.26. The van der Waals surface area contributed by atoms with Crippen molar-refractivity contribution in [3.8, 4) is 5.75 Å². The second-order valence-corrected chi connectivity index (χ2v) is 6.82. The van der Waals surface area contributed by atoms with E-state index in [4.69, 9.17) is 4.74 Å². The van der Waals surface area contributed by atoms with E-state index in [-0.39, 0.29) is 17.8 Å². The van der Waals surface area contributed by atoms with Crippen LogP contribution in [0.15, 0.2) is 36.7 Å². The molecule has 0 spiro atoms. The van der Waals surface area contributed by atoms with Gasteiger partial charge in [0.25, 0.3) is 0 Å². The SMILES string of the molecule is CCNc1ncc(N2CC(Oc3ccc(C(C)CC(C)=O)cc3)C2)cn1. The van der Waals surface area contributed by atoms with Gasteiger partial charge in [-0.1, -0.05) is 19.1 Å². The third-order valence-corrected chi connectivity index (χ3v) is 4.53. The second kappa shape index (κ2) is 8.17. The molecule has 26 heavy (non-hydrogen) atoms. The number of carbonyl (C=O) groups excluding carboxylic acids is 1. The van der Waals surface area contributed by atoms with Crippen LogP contribution < -0.4 is 15.0 Å². The molecule has 1 aromatic carbocycles. The Kier molecular flexibility index (Phi) is 5.71. The van der Waals surface area contributed by atoms with Crippen LogP contribution in [-0.2, 0) is 4.79 Å². The lowest BCUT2D eigenvalue weighted by Gasteiger charge is -2.40. The van der Waals surface area contributed by atoms with E-state index in [0.717, 1.165) is 31.1 Å². The maximum atomic E-state index is 11.2. The van der Waals surface area contributed by atoms with Crippen LogP contribution in [0.2, 0.25) is 0 Å². The molecule has 1 aliphatic heterocycles. The summed E-state index contributed by atoms with van der Waals surface area (Å²) in [6.07, 6.45) is 4.43. The van der Waals surface area contributed by atoms with Gasteiger partial charge in [-0.15, -0.1) is 0 Å². The highest BCUT2D eigenvalue weighted by Crippen LogP contribution is 2.26. The number of benzene rings is 1. The van der Waals surface area contributed by atoms with Crippen LogP contribution >= 0.6 is 0 Å². The molecule has 6 heteroatoms. The highest BCUT2D eigenvalue weighted by Gasteiger charge is 2.29. The van der Waals surface area contributed by atoms with Gasteiger partial charge in [-0.25, -0.2) is 9.97 Å². The van der Waals surface area contributed by atoms with Crippen LogP contribution in [-0.4, -0.2) is 41.5 Å². The topological polar surface area (TPSA) is 67.3 Å². The number of ether oxygens (including phenoxy) is 1. The van der Waals surface area contributed by atoms with E-state index in [1.807, 2.05) is 43.6 Å². The highest BCUT2D eigenvalue weighted by molar-refractivity contribution is 5.76. The lowest BCUT2D eigenvalue weighted by Crippen LogP contribution is -2.54. The maximum absolute atomic E-state index is 11.2. The normalized spacial score (nSPS) is 15.3. The number of hydrogen-bond acceptors (Lipinski definition) is 6. The summed E-state index contributed by atoms with van der Waals surface area (Å²) in [7, 11) is 0. The van der Waals surface area contributed by atoms with E-state index in [1.54, 1.807) is 6.92 Å². The number of nitrogens with one attached hydrogen (secondary N) is 1. The zero-order chi connectivity index (χ0) is 18.5. The molecule has 1 fully saturated rings. The van der Waals surface area contributed by atoms with Crippen molar-refractivity contribution in [3.05, 3.63) is 42.2 Å². The number of rotatable bonds is 8. The molecule has 0 amide bonds. The molecule has 2 heterocycles. The number of carbonyl (C=O) groups is 1. The van der Waals surface area contributed by atoms with Crippen LogP contribution in [0.3, 0.4) is 0 Å². The number of aromatic nitrogens is 2. The quantitative estimate of drug-likeness (QED) is 0.785. The Balaban J connectivity index is 1.48. The van der Waals surface area contributed by atoms with Gasteiger partial charge in [0.1, 0.15) is 17.6 Å². The molecular formula is C20H26N4O2. The molecule has 1 N–H and O–H groups in total. The lowest BCUT2D eigenvalue weighted by atomic mass is 9.96. The average Bonchev–Trinajstić information content (AvgIpc) is 2.59. The molecule has 1 aromatic heterocycles. The molecule has 0 bridgehead atoms. The Morgan fingerprint density at radius 3 is 2.50 bits per heavy atom. The van der Waals surface area contributed by atoms with Gasteiger partial charge < -0.3 is 19.7 Å². The monoisotopic (exact) mass is 354 g/mol. The Morgan fingerprint density at radius 1 is 1.27 bits per heavy atom. The van der Waals surface area contributed by atoms with Crippen LogP contribution in [0.25, 0.3) is 0 Å². The van der Waals surface area contributed by atoms with E-state index in [0.29, 0.717) is 12.4 Å². The number of anilines is 2. The predicted molar refractivity (Wildman–Crippen MR) is 103 cm³/mol. The first kappa shape index (κ1) is 18.2. The van der Waals surface area contributed by atoms with Crippen molar-refractivity contribution in [1.82, 2.24) is 9.97 Å². The smallest absolute Gasteiger partial charge is 0.222 e. The molecule has 1 saturated heterocycles. The lowest BCUT2D eigenvalue weighted by molar-refractivity contribution is -0.117. The maximum Gasteiger partial charge on any atom is 0.222 e. The van der Waals surface area contributed by atoms with Gasteiger partial charge in [0.05, 0.1) is 31.2 Å². The van der Waals surface area contributed by atoms with E-state index in [9.17, 15) is 4.79 Å². The van der Waals surface area contributed by atoms with Crippen LogP contribution in [0.4, 0.5) is 11.6 Å². The fourth-order valence-electron chi connectivity index (χ4n) is 3.07. The highest BCUT2D eigenvalue weighted by atomic mass is 16.5. The number of Topliss-reactive ketones (excluding diaryl/α,β-unsaturated/α-hetero) is 1. The van der Waals surface area contributed by atoms with E-state index in [2.05, 4.69) is 27.1 Å². The first-order valence-corrected chi connectivity index (χ1v) is 9.12. The Morgan fingerprint density at radius 2 is 1.92 bits per heavy atom. The zero-order valence-electron chi connectivity index (χ0n) is 15.6. The van der Waals surface area contributed by atoms with Crippen molar-refractivity contribution >= 4 is 17.4 Å². The summed E-state index contributed by atoms with van der Waals surface area (Å²) in [6, 6.07) is 8.07. The zero-order valence-corrected chi connectivity index (χ0v) is 15.6. The molecule has 0 radical (unpaired) electrons. The molecule has 2 aromatic rings. The third-order valence-electron chi connectivity index (χ3n) is 4.53. The number of ketones is 1. The first-order valence-electron chi connectivity index (χ1n) is 9.12. The molecule has 6 nitrogen and oxygen atoms in total. The molecule has 1 unspecified atom stereocenters. The minimum absolute atomic E-state index is 0.170. The van der Waals surface area contributed by atoms with Crippen molar-refractivity contribution in [2.24, 2.45) is 0 Å². The van der Waals surface area contributed by atoms with Crippen molar-refractivity contribution in [1.29, 1.82) is 0 Å². The number of nitrogens with zero attached hydrogens (tertiary/aromatic N) is 3. The Hall–Kier alpha value is -2.63. The van der Waals surface area contributed by atoms with E-state index in [1.165, 1.54) is 5.56 Å². The molecule has 3 rings (SSSR count). The van der Waals surface area contributed by atoms with Crippen LogP contribution in [0, 0.1) is 0 Å². The van der Waals surface area contributed by atoms with Gasteiger partial charge >= 0.3 is 0 Å². The minimum atomic E-state index is 0.170. The van der Waals surface area contributed by atoms with Gasteiger partial charge in [0.15, 0.2) is 0 Å². The molecular weight excluding hydrogens is 328 g/mol. The summed E-state index contributed by atoms with van der Waals surface area (Å²) in [5, 5.41) is 3.09. The van der Waals surface area contributed by atoms with Crippen molar-refractivity contribution in [2.45, 2.75) is 39.2 Å². The Bertz CT molecular complexity index is 724. The van der Waals surface area contributed by atoms with Gasteiger partial charge in [0.2, 0.25) is 5.95 Å². The summed E-state index contributed by atoms with van der Waals surface area (Å²) in [5.74, 6) is 1.98. The van der Waals surface area contributed by atoms with Crippen molar-refractivity contribution < 1.29 is 9.53 Å². The average molecular weight is 354 g/mol. The van der Waals surface area contributed by atoms with E-state index >= 15 is 0 Å². The molecule has 138 valence electrons. The van der Waals surface area contributed by atoms with Gasteiger partial charge in [-0.3, -0.25) is 0 Å². The fourth-order valence-corrected chi connectivity index (χ4v) is 3.07. The Labute approximate surface area is 154 Å². The van der Waals surface area contributed by atoms with Crippen LogP contribution in [0.5, 0.6) is 5.75 Å². The van der Waals surface area contributed by atoms with Crippen LogP contribution in [0.1, 0.15) is 38.7 Å². The van der Waals surface area contributed by atoms with E-state index < -0.39 is 0 Å².